The lowest BCUT2D eigenvalue weighted by atomic mass is 9.94. The van der Waals surface area contributed by atoms with Crippen molar-refractivity contribution in [3.8, 4) is 0 Å². The minimum absolute atomic E-state index is 0.958. The van der Waals surface area contributed by atoms with E-state index in [4.69, 9.17) is 0 Å². The van der Waals surface area contributed by atoms with Gasteiger partial charge in [-0.25, -0.2) is 0 Å². The lowest BCUT2D eigenvalue weighted by molar-refractivity contribution is 0.254. The largest absolute Gasteiger partial charge is 0.316 e. The van der Waals surface area contributed by atoms with Crippen LogP contribution in [-0.4, -0.2) is 37.1 Å². The van der Waals surface area contributed by atoms with Gasteiger partial charge in [-0.05, 0) is 70.6 Å². The lowest BCUT2D eigenvalue weighted by Crippen LogP contribution is -2.31. The van der Waals surface area contributed by atoms with E-state index in [1.165, 1.54) is 64.7 Å². The summed E-state index contributed by atoms with van der Waals surface area (Å²) in [5, 5.41) is 3.51. The zero-order valence-electron chi connectivity index (χ0n) is 10.2. The minimum atomic E-state index is 0.958. The van der Waals surface area contributed by atoms with Gasteiger partial charge in [-0.15, -0.1) is 0 Å². The van der Waals surface area contributed by atoms with Crippen LogP contribution in [0.5, 0.6) is 0 Å². The second kappa shape index (κ2) is 5.86. The summed E-state index contributed by atoms with van der Waals surface area (Å²) in [6.45, 7) is 7.43. The Morgan fingerprint density at radius 2 is 2.13 bits per heavy atom. The van der Waals surface area contributed by atoms with Crippen molar-refractivity contribution in [3.63, 3.8) is 0 Å². The second-order valence-corrected chi connectivity index (χ2v) is 5.21. The van der Waals surface area contributed by atoms with E-state index in [9.17, 15) is 0 Å². The molecule has 88 valence electrons. The van der Waals surface area contributed by atoms with Crippen LogP contribution in [0.15, 0.2) is 0 Å². The van der Waals surface area contributed by atoms with E-state index in [0.717, 1.165) is 12.0 Å². The van der Waals surface area contributed by atoms with Gasteiger partial charge in [0.15, 0.2) is 0 Å². The highest BCUT2D eigenvalue weighted by Crippen LogP contribution is 2.27. The second-order valence-electron chi connectivity index (χ2n) is 5.21. The van der Waals surface area contributed by atoms with Crippen LogP contribution in [0.1, 0.15) is 45.4 Å². The van der Waals surface area contributed by atoms with Gasteiger partial charge in [-0.3, -0.25) is 0 Å². The van der Waals surface area contributed by atoms with E-state index in [-0.39, 0.29) is 0 Å². The van der Waals surface area contributed by atoms with Crippen molar-refractivity contribution in [1.82, 2.24) is 10.2 Å². The van der Waals surface area contributed by atoms with Crippen LogP contribution < -0.4 is 5.32 Å². The molecule has 2 fully saturated rings. The maximum absolute atomic E-state index is 3.51. The van der Waals surface area contributed by atoms with Gasteiger partial charge in [0.1, 0.15) is 0 Å². The van der Waals surface area contributed by atoms with E-state index in [2.05, 4.69) is 17.1 Å². The Bertz CT molecular complexity index is 171. The van der Waals surface area contributed by atoms with E-state index < -0.39 is 0 Å². The van der Waals surface area contributed by atoms with Crippen molar-refractivity contribution in [1.29, 1.82) is 0 Å². The Morgan fingerprint density at radius 3 is 2.73 bits per heavy atom. The molecule has 1 saturated heterocycles. The Kier molecular flexibility index (Phi) is 4.45. The normalized spacial score (nSPS) is 27.2. The van der Waals surface area contributed by atoms with E-state index in [0.29, 0.717) is 0 Å². The highest BCUT2D eigenvalue weighted by atomic mass is 15.2. The van der Waals surface area contributed by atoms with Crippen LogP contribution in [0.4, 0.5) is 0 Å². The third kappa shape index (κ3) is 3.76. The predicted octanol–water partition coefficient (Wildman–Crippen LogP) is 2.25. The third-order valence-corrected chi connectivity index (χ3v) is 3.93. The zero-order valence-corrected chi connectivity index (χ0v) is 10.2. The van der Waals surface area contributed by atoms with E-state index >= 15 is 0 Å². The first-order chi connectivity index (χ1) is 7.40. The quantitative estimate of drug-likeness (QED) is 0.723. The van der Waals surface area contributed by atoms with E-state index in [1.54, 1.807) is 0 Å². The fourth-order valence-corrected chi connectivity index (χ4v) is 2.79. The molecule has 2 aliphatic rings. The van der Waals surface area contributed by atoms with Crippen molar-refractivity contribution in [2.45, 2.75) is 51.5 Å². The summed E-state index contributed by atoms with van der Waals surface area (Å²) in [6, 6.07) is 0.958. The fourth-order valence-electron chi connectivity index (χ4n) is 2.79. The number of hydrogen-bond acceptors (Lipinski definition) is 2. The van der Waals surface area contributed by atoms with Gasteiger partial charge in [0.25, 0.3) is 0 Å². The molecule has 0 spiro atoms. The Labute approximate surface area is 94.4 Å². The molecule has 1 N–H and O–H groups in total. The first kappa shape index (κ1) is 11.4. The zero-order chi connectivity index (χ0) is 10.5. The Hall–Kier alpha value is -0.0800. The lowest BCUT2D eigenvalue weighted by Gasteiger charge is -2.25. The number of rotatable bonds is 6. The molecule has 1 unspecified atom stereocenters. The minimum Gasteiger partial charge on any atom is -0.316 e. The van der Waals surface area contributed by atoms with Gasteiger partial charge >= 0.3 is 0 Å². The van der Waals surface area contributed by atoms with E-state index in [1.807, 2.05) is 0 Å². The van der Waals surface area contributed by atoms with Gasteiger partial charge in [0, 0.05) is 6.04 Å². The summed E-state index contributed by atoms with van der Waals surface area (Å²) in [4.78, 5) is 2.68. The number of nitrogens with zero attached hydrogens (tertiary/aromatic N) is 1. The molecule has 1 aliphatic carbocycles. The van der Waals surface area contributed by atoms with Crippen molar-refractivity contribution in [3.05, 3.63) is 0 Å². The van der Waals surface area contributed by atoms with Crippen molar-refractivity contribution >= 4 is 0 Å². The van der Waals surface area contributed by atoms with Gasteiger partial charge < -0.3 is 10.2 Å². The fraction of sp³-hybridized carbons (Fsp3) is 1.00. The monoisotopic (exact) mass is 210 g/mol. The standard InChI is InChI=1S/C13H26N2/c1-2-15(13-7-8-13)10-4-6-12-5-3-9-14-11-12/h12-14H,2-11H2,1H3. The summed E-state index contributed by atoms with van der Waals surface area (Å²) < 4.78 is 0. The maximum Gasteiger partial charge on any atom is 0.00963 e. The van der Waals surface area contributed by atoms with Crippen LogP contribution >= 0.6 is 0 Å². The summed E-state index contributed by atoms with van der Waals surface area (Å²) >= 11 is 0. The molecule has 0 amide bonds. The highest BCUT2D eigenvalue weighted by molar-refractivity contribution is 4.83. The molecule has 2 nitrogen and oxygen atoms in total. The highest BCUT2D eigenvalue weighted by Gasteiger charge is 2.27. The topological polar surface area (TPSA) is 15.3 Å². The number of hydrogen-bond donors (Lipinski definition) is 1. The summed E-state index contributed by atoms with van der Waals surface area (Å²) in [7, 11) is 0. The molecule has 0 radical (unpaired) electrons. The molecule has 1 atom stereocenters. The Balaban J connectivity index is 1.56. The molecule has 2 heteroatoms. The smallest absolute Gasteiger partial charge is 0.00963 e. The van der Waals surface area contributed by atoms with Gasteiger partial charge in [0.05, 0.1) is 0 Å². The van der Waals surface area contributed by atoms with Crippen molar-refractivity contribution < 1.29 is 0 Å². The molecular weight excluding hydrogens is 184 g/mol. The molecule has 0 bridgehead atoms. The molecule has 0 aromatic heterocycles. The van der Waals surface area contributed by atoms with Crippen LogP contribution in [0.25, 0.3) is 0 Å². The Morgan fingerprint density at radius 1 is 1.27 bits per heavy atom. The van der Waals surface area contributed by atoms with Gasteiger partial charge in [-0.1, -0.05) is 6.92 Å². The molecule has 1 heterocycles. The van der Waals surface area contributed by atoms with Gasteiger partial charge in [-0.2, -0.15) is 0 Å². The summed E-state index contributed by atoms with van der Waals surface area (Å²) in [5.41, 5.74) is 0. The first-order valence-electron chi connectivity index (χ1n) is 6.85. The molecule has 0 aromatic rings. The van der Waals surface area contributed by atoms with Gasteiger partial charge in [0.2, 0.25) is 0 Å². The SMILES string of the molecule is CCN(CCCC1CCCNC1)C1CC1. The molecule has 2 rings (SSSR count). The average molecular weight is 210 g/mol. The number of piperidine rings is 1. The van der Waals surface area contributed by atoms with Crippen LogP contribution in [0, 0.1) is 5.92 Å². The molecule has 1 aliphatic heterocycles. The van der Waals surface area contributed by atoms with Crippen LogP contribution in [0.3, 0.4) is 0 Å². The van der Waals surface area contributed by atoms with Crippen molar-refractivity contribution in [2.75, 3.05) is 26.2 Å². The third-order valence-electron chi connectivity index (χ3n) is 3.93. The molecular formula is C13H26N2. The summed E-state index contributed by atoms with van der Waals surface area (Å²) in [5.74, 6) is 0.969. The molecule has 1 saturated carbocycles. The first-order valence-corrected chi connectivity index (χ1v) is 6.85. The number of nitrogens with one attached hydrogen (secondary N) is 1. The van der Waals surface area contributed by atoms with Crippen LogP contribution in [0.2, 0.25) is 0 Å². The predicted molar refractivity (Wildman–Crippen MR) is 65.1 cm³/mol. The summed E-state index contributed by atoms with van der Waals surface area (Å²) in [6.07, 6.45) is 8.62. The average Bonchev–Trinajstić information content (AvgIpc) is 3.10. The van der Waals surface area contributed by atoms with Crippen molar-refractivity contribution in [2.24, 2.45) is 5.92 Å². The van der Waals surface area contributed by atoms with Crippen LogP contribution in [-0.2, 0) is 0 Å². The molecule has 15 heavy (non-hydrogen) atoms. The molecule has 0 aromatic carbocycles. The maximum atomic E-state index is 3.51.